The van der Waals surface area contributed by atoms with Gasteiger partial charge in [-0.1, -0.05) is 57.3 Å². The maximum atomic E-state index is 12.2. The number of rotatable bonds is 4. The van der Waals surface area contributed by atoms with Crippen molar-refractivity contribution in [3.05, 3.63) is 80.4 Å². The molecule has 0 aliphatic heterocycles. The van der Waals surface area contributed by atoms with E-state index in [0.717, 1.165) is 10.0 Å². The summed E-state index contributed by atoms with van der Waals surface area (Å²) in [7, 11) is 0. The second-order valence-electron chi connectivity index (χ2n) is 5.08. The van der Waals surface area contributed by atoms with Gasteiger partial charge in [0, 0.05) is 21.3 Å². The number of anilines is 1. The van der Waals surface area contributed by atoms with Crippen LogP contribution in [-0.2, 0) is 6.54 Å². The number of carbonyl (C=O) groups is 1. The Labute approximate surface area is 157 Å². The average molecular weight is 425 g/mol. The molecule has 1 aromatic heterocycles. The summed E-state index contributed by atoms with van der Waals surface area (Å²) < 4.78 is 2.54. The lowest BCUT2D eigenvalue weighted by Crippen LogP contribution is -2.13. The molecule has 0 aliphatic carbocycles. The summed E-state index contributed by atoms with van der Waals surface area (Å²) in [5.41, 5.74) is 1.44. The van der Waals surface area contributed by atoms with E-state index in [2.05, 4.69) is 26.3 Å². The molecule has 1 N–H and O–H groups in total. The second kappa shape index (κ2) is 7.38. The molecule has 0 atom stereocenters. The van der Waals surface area contributed by atoms with Gasteiger partial charge in [0.05, 0.1) is 6.54 Å². The SMILES string of the molecule is O=C(Nc1nn(Cc2ccccc2Cl)cc1Cl)c1ccc(Br)cc1. The predicted octanol–water partition coefficient (Wildman–Crippen LogP) is 5.25. The zero-order chi connectivity index (χ0) is 17.1. The van der Waals surface area contributed by atoms with E-state index in [0.29, 0.717) is 28.0 Å². The lowest BCUT2D eigenvalue weighted by atomic mass is 10.2. The quantitative estimate of drug-likeness (QED) is 0.621. The minimum Gasteiger partial charge on any atom is -0.304 e. The maximum Gasteiger partial charge on any atom is 0.256 e. The van der Waals surface area contributed by atoms with E-state index >= 15 is 0 Å². The molecular formula is C17H12BrCl2N3O. The number of carbonyl (C=O) groups excluding carboxylic acids is 1. The first kappa shape index (κ1) is 17.0. The van der Waals surface area contributed by atoms with Crippen molar-refractivity contribution in [1.82, 2.24) is 9.78 Å². The molecule has 0 unspecified atom stereocenters. The molecule has 0 bridgehead atoms. The molecular weight excluding hydrogens is 413 g/mol. The van der Waals surface area contributed by atoms with Crippen LogP contribution in [0.3, 0.4) is 0 Å². The van der Waals surface area contributed by atoms with Crippen LogP contribution in [0.2, 0.25) is 10.0 Å². The van der Waals surface area contributed by atoms with E-state index in [1.807, 2.05) is 24.3 Å². The fraction of sp³-hybridized carbons (Fsp3) is 0.0588. The molecule has 0 aliphatic rings. The van der Waals surface area contributed by atoms with Crippen LogP contribution in [0.25, 0.3) is 0 Å². The first-order valence-electron chi connectivity index (χ1n) is 7.06. The van der Waals surface area contributed by atoms with Crippen molar-refractivity contribution in [2.75, 3.05) is 5.32 Å². The topological polar surface area (TPSA) is 46.9 Å². The Kier molecular flexibility index (Phi) is 5.23. The van der Waals surface area contributed by atoms with Gasteiger partial charge in [-0.2, -0.15) is 5.10 Å². The lowest BCUT2D eigenvalue weighted by Gasteiger charge is -2.04. The highest BCUT2D eigenvalue weighted by atomic mass is 79.9. The monoisotopic (exact) mass is 423 g/mol. The Balaban J connectivity index is 1.75. The maximum absolute atomic E-state index is 12.2. The largest absolute Gasteiger partial charge is 0.304 e. The van der Waals surface area contributed by atoms with E-state index in [-0.39, 0.29) is 5.91 Å². The van der Waals surface area contributed by atoms with E-state index in [1.54, 1.807) is 35.1 Å². The molecule has 0 spiro atoms. The highest BCUT2D eigenvalue weighted by Gasteiger charge is 2.13. The second-order valence-corrected chi connectivity index (χ2v) is 6.81. The van der Waals surface area contributed by atoms with Gasteiger partial charge in [-0.3, -0.25) is 9.48 Å². The normalized spacial score (nSPS) is 10.6. The Morgan fingerprint density at radius 1 is 1.08 bits per heavy atom. The van der Waals surface area contributed by atoms with E-state index in [9.17, 15) is 4.79 Å². The Bertz CT molecular complexity index is 878. The summed E-state index contributed by atoms with van der Waals surface area (Å²) in [4.78, 5) is 12.2. The molecule has 1 heterocycles. The number of nitrogens with zero attached hydrogens (tertiary/aromatic N) is 2. The van der Waals surface area contributed by atoms with Gasteiger partial charge < -0.3 is 5.32 Å². The van der Waals surface area contributed by atoms with Crippen molar-refractivity contribution >= 4 is 50.9 Å². The van der Waals surface area contributed by atoms with Crippen LogP contribution in [0.1, 0.15) is 15.9 Å². The van der Waals surface area contributed by atoms with Gasteiger partial charge in [-0.25, -0.2) is 0 Å². The summed E-state index contributed by atoms with van der Waals surface area (Å²) in [6.45, 7) is 0.466. The number of halogens is 3. The van der Waals surface area contributed by atoms with Crippen LogP contribution in [0.4, 0.5) is 5.82 Å². The van der Waals surface area contributed by atoms with Crippen LogP contribution in [-0.4, -0.2) is 15.7 Å². The van der Waals surface area contributed by atoms with Crippen molar-refractivity contribution in [2.24, 2.45) is 0 Å². The number of nitrogens with one attached hydrogen (secondary N) is 1. The Morgan fingerprint density at radius 2 is 1.79 bits per heavy atom. The third kappa shape index (κ3) is 3.98. The van der Waals surface area contributed by atoms with Crippen molar-refractivity contribution < 1.29 is 4.79 Å². The van der Waals surface area contributed by atoms with Crippen LogP contribution in [0, 0.1) is 0 Å². The van der Waals surface area contributed by atoms with Crippen molar-refractivity contribution in [1.29, 1.82) is 0 Å². The van der Waals surface area contributed by atoms with Gasteiger partial charge >= 0.3 is 0 Å². The molecule has 3 rings (SSSR count). The number of aromatic nitrogens is 2. The summed E-state index contributed by atoms with van der Waals surface area (Å²) in [5.74, 6) is 0.0454. The van der Waals surface area contributed by atoms with Gasteiger partial charge in [0.25, 0.3) is 5.91 Å². The first-order chi connectivity index (χ1) is 11.5. The highest BCUT2D eigenvalue weighted by molar-refractivity contribution is 9.10. The lowest BCUT2D eigenvalue weighted by molar-refractivity contribution is 0.102. The Morgan fingerprint density at radius 3 is 2.50 bits per heavy atom. The number of hydrogen-bond acceptors (Lipinski definition) is 2. The first-order valence-corrected chi connectivity index (χ1v) is 8.61. The highest BCUT2D eigenvalue weighted by Crippen LogP contribution is 2.22. The number of amides is 1. The smallest absolute Gasteiger partial charge is 0.256 e. The van der Waals surface area contributed by atoms with Crippen LogP contribution in [0.15, 0.2) is 59.2 Å². The van der Waals surface area contributed by atoms with Gasteiger partial charge in [0.15, 0.2) is 5.82 Å². The summed E-state index contributed by atoms with van der Waals surface area (Å²) in [6.07, 6.45) is 1.65. The van der Waals surface area contributed by atoms with Crippen molar-refractivity contribution in [3.8, 4) is 0 Å². The van der Waals surface area contributed by atoms with E-state index in [1.165, 1.54) is 0 Å². The summed E-state index contributed by atoms with van der Waals surface area (Å²) in [6, 6.07) is 14.5. The molecule has 3 aromatic rings. The minimum atomic E-state index is -0.271. The molecule has 0 radical (unpaired) electrons. The van der Waals surface area contributed by atoms with Crippen LogP contribution in [0.5, 0.6) is 0 Å². The molecule has 122 valence electrons. The van der Waals surface area contributed by atoms with E-state index < -0.39 is 0 Å². The van der Waals surface area contributed by atoms with Gasteiger partial charge in [-0.15, -0.1) is 0 Å². The van der Waals surface area contributed by atoms with Crippen LogP contribution < -0.4 is 5.32 Å². The molecule has 1 amide bonds. The predicted molar refractivity (Wildman–Crippen MR) is 99.9 cm³/mol. The van der Waals surface area contributed by atoms with Crippen molar-refractivity contribution in [2.45, 2.75) is 6.54 Å². The average Bonchev–Trinajstić information content (AvgIpc) is 2.90. The number of hydrogen-bond donors (Lipinski definition) is 1. The number of benzene rings is 2. The van der Waals surface area contributed by atoms with Crippen molar-refractivity contribution in [3.63, 3.8) is 0 Å². The minimum absolute atomic E-state index is 0.271. The molecule has 0 fully saturated rings. The third-order valence-corrected chi connectivity index (χ3v) is 4.52. The standard InChI is InChI=1S/C17H12BrCl2N3O/c18-13-7-5-11(6-8-13)17(24)21-16-15(20)10-23(22-16)9-12-3-1-2-4-14(12)19/h1-8,10H,9H2,(H,21,22,24). The third-order valence-electron chi connectivity index (χ3n) is 3.35. The van der Waals surface area contributed by atoms with E-state index in [4.69, 9.17) is 23.2 Å². The summed E-state index contributed by atoms with van der Waals surface area (Å²) in [5, 5.41) is 8.05. The molecule has 0 saturated carbocycles. The zero-order valence-electron chi connectivity index (χ0n) is 12.3. The van der Waals surface area contributed by atoms with Gasteiger partial charge in [0.2, 0.25) is 0 Å². The molecule has 24 heavy (non-hydrogen) atoms. The molecule has 0 saturated heterocycles. The zero-order valence-corrected chi connectivity index (χ0v) is 15.4. The molecule has 7 heteroatoms. The summed E-state index contributed by atoms with van der Waals surface area (Å²) >= 11 is 15.7. The van der Waals surface area contributed by atoms with Gasteiger partial charge in [0.1, 0.15) is 5.02 Å². The molecule has 4 nitrogen and oxygen atoms in total. The fourth-order valence-electron chi connectivity index (χ4n) is 2.14. The fourth-order valence-corrected chi connectivity index (χ4v) is 2.80. The Hall–Kier alpha value is -1.82. The molecule has 2 aromatic carbocycles. The van der Waals surface area contributed by atoms with Crippen LogP contribution >= 0.6 is 39.1 Å². The van der Waals surface area contributed by atoms with Gasteiger partial charge in [-0.05, 0) is 35.9 Å².